The molecule has 1 amide bonds. The fourth-order valence-electron chi connectivity index (χ4n) is 1.39. The van der Waals surface area contributed by atoms with Crippen molar-refractivity contribution in [1.29, 1.82) is 0 Å². The highest BCUT2D eigenvalue weighted by molar-refractivity contribution is 8.00. The molecule has 94 valence electrons. The Hall–Kier alpha value is -1.82. The third kappa shape index (κ3) is 4.21. The maximum atomic E-state index is 11.6. The predicted molar refractivity (Wildman–Crippen MR) is 70.3 cm³/mol. The predicted octanol–water partition coefficient (Wildman–Crippen LogP) is 1.26. The summed E-state index contributed by atoms with van der Waals surface area (Å²) in [5.74, 6) is 0.462. The third-order valence-corrected chi connectivity index (χ3v) is 3.30. The van der Waals surface area contributed by atoms with Crippen molar-refractivity contribution in [3.63, 3.8) is 0 Å². The first kappa shape index (κ1) is 12.6. The van der Waals surface area contributed by atoms with Crippen molar-refractivity contribution in [2.45, 2.75) is 11.3 Å². The van der Waals surface area contributed by atoms with Gasteiger partial charge >= 0.3 is 0 Å². The molecule has 0 spiro atoms. The molecule has 0 saturated heterocycles. The molecule has 2 N–H and O–H groups in total. The molecule has 0 saturated carbocycles. The number of nitrogens with one attached hydrogen (secondary N) is 2. The lowest BCUT2D eigenvalue weighted by molar-refractivity contribution is -0.118. The zero-order valence-electron chi connectivity index (χ0n) is 9.80. The summed E-state index contributed by atoms with van der Waals surface area (Å²) in [4.78, 5) is 23.5. The first-order chi connectivity index (χ1) is 8.84. The van der Waals surface area contributed by atoms with E-state index in [2.05, 4.69) is 20.3 Å². The number of hydrogen-bond acceptors (Lipinski definition) is 4. The Bertz CT molecular complexity index is 472. The number of carbonyl (C=O) groups is 1. The summed E-state index contributed by atoms with van der Waals surface area (Å²) in [5, 5.41) is 2.87. The molecule has 0 radical (unpaired) electrons. The van der Waals surface area contributed by atoms with E-state index in [1.165, 1.54) is 11.8 Å². The fraction of sp³-hybridized carbons (Fsp3) is 0.250. The van der Waals surface area contributed by atoms with Gasteiger partial charge in [0.15, 0.2) is 0 Å². The lowest BCUT2D eigenvalue weighted by Gasteiger charge is -2.04. The number of aromatic amines is 1. The van der Waals surface area contributed by atoms with E-state index in [4.69, 9.17) is 0 Å². The molecule has 6 heteroatoms. The first-order valence-electron chi connectivity index (χ1n) is 5.61. The van der Waals surface area contributed by atoms with Crippen LogP contribution in [0.25, 0.3) is 0 Å². The van der Waals surface area contributed by atoms with Crippen molar-refractivity contribution in [3.8, 4) is 0 Å². The van der Waals surface area contributed by atoms with Crippen LogP contribution in [0.4, 0.5) is 0 Å². The van der Waals surface area contributed by atoms with Gasteiger partial charge in [-0.1, -0.05) is 0 Å². The molecular weight excluding hydrogens is 248 g/mol. The summed E-state index contributed by atoms with van der Waals surface area (Å²) in [7, 11) is 0. The molecule has 18 heavy (non-hydrogen) atoms. The van der Waals surface area contributed by atoms with E-state index in [1.54, 1.807) is 24.9 Å². The molecular formula is C12H14N4OS. The molecule has 0 aliphatic carbocycles. The number of carbonyl (C=O) groups excluding carboxylic acids is 1. The Morgan fingerprint density at radius 2 is 2.17 bits per heavy atom. The topological polar surface area (TPSA) is 70.7 Å². The van der Waals surface area contributed by atoms with Gasteiger partial charge in [-0.3, -0.25) is 9.78 Å². The number of aromatic nitrogens is 3. The number of imidazole rings is 1. The van der Waals surface area contributed by atoms with E-state index < -0.39 is 0 Å². The van der Waals surface area contributed by atoms with Crippen molar-refractivity contribution >= 4 is 17.7 Å². The van der Waals surface area contributed by atoms with Crippen LogP contribution < -0.4 is 5.32 Å². The van der Waals surface area contributed by atoms with E-state index >= 15 is 0 Å². The highest BCUT2D eigenvalue weighted by Gasteiger charge is 2.02. The Morgan fingerprint density at radius 1 is 1.33 bits per heavy atom. The minimum atomic E-state index is 0.0383. The van der Waals surface area contributed by atoms with E-state index in [9.17, 15) is 4.79 Å². The largest absolute Gasteiger partial charge is 0.355 e. The maximum Gasteiger partial charge on any atom is 0.230 e. The van der Waals surface area contributed by atoms with Crippen molar-refractivity contribution < 1.29 is 4.79 Å². The summed E-state index contributed by atoms with van der Waals surface area (Å²) >= 11 is 1.50. The molecule has 0 aliphatic rings. The zero-order chi connectivity index (χ0) is 12.6. The smallest absolute Gasteiger partial charge is 0.230 e. The number of pyridine rings is 1. The van der Waals surface area contributed by atoms with Gasteiger partial charge in [0.2, 0.25) is 5.91 Å². The van der Waals surface area contributed by atoms with Crippen LogP contribution in [0.3, 0.4) is 0 Å². The van der Waals surface area contributed by atoms with E-state index in [0.29, 0.717) is 12.3 Å². The van der Waals surface area contributed by atoms with Crippen LogP contribution in [0.1, 0.15) is 5.69 Å². The van der Waals surface area contributed by atoms with Crippen LogP contribution in [0.15, 0.2) is 41.9 Å². The second kappa shape index (κ2) is 6.80. The van der Waals surface area contributed by atoms with Gasteiger partial charge in [0.1, 0.15) is 0 Å². The maximum absolute atomic E-state index is 11.6. The van der Waals surface area contributed by atoms with Gasteiger partial charge in [0.05, 0.1) is 12.1 Å². The average Bonchev–Trinajstić information content (AvgIpc) is 2.91. The lowest BCUT2D eigenvalue weighted by atomic mass is 10.3. The van der Waals surface area contributed by atoms with Crippen LogP contribution in [0, 0.1) is 0 Å². The van der Waals surface area contributed by atoms with Crippen LogP contribution >= 0.6 is 11.8 Å². The normalized spacial score (nSPS) is 10.2. The summed E-state index contributed by atoms with van der Waals surface area (Å²) in [5.41, 5.74) is 1.03. The van der Waals surface area contributed by atoms with Crippen molar-refractivity contribution in [2.24, 2.45) is 0 Å². The van der Waals surface area contributed by atoms with Crippen molar-refractivity contribution in [3.05, 3.63) is 42.7 Å². The van der Waals surface area contributed by atoms with Gasteiger partial charge in [0, 0.05) is 42.1 Å². The monoisotopic (exact) mass is 262 g/mol. The number of thioether (sulfide) groups is 1. The molecule has 0 aromatic carbocycles. The van der Waals surface area contributed by atoms with Gasteiger partial charge in [-0.15, -0.1) is 11.8 Å². The number of amides is 1. The molecule has 0 fully saturated rings. The number of H-pyrrole nitrogens is 1. The van der Waals surface area contributed by atoms with E-state index in [1.807, 2.05) is 12.1 Å². The standard InChI is InChI=1S/C12H14N4OS/c17-12(8-18-11-2-4-13-5-3-11)15-6-1-10-7-14-9-16-10/h2-5,7,9H,1,6,8H2,(H,14,16)(H,15,17). The van der Waals surface area contributed by atoms with Crippen LogP contribution in [-0.4, -0.2) is 33.2 Å². The van der Waals surface area contributed by atoms with E-state index in [-0.39, 0.29) is 5.91 Å². The number of rotatable bonds is 6. The quantitative estimate of drug-likeness (QED) is 0.769. The lowest BCUT2D eigenvalue weighted by Crippen LogP contribution is -2.27. The Kier molecular flexibility index (Phi) is 4.78. The third-order valence-electron chi connectivity index (χ3n) is 2.29. The second-order valence-electron chi connectivity index (χ2n) is 3.65. The second-order valence-corrected chi connectivity index (χ2v) is 4.70. The number of nitrogens with zero attached hydrogens (tertiary/aromatic N) is 2. The van der Waals surface area contributed by atoms with Gasteiger partial charge in [-0.05, 0) is 12.1 Å². The van der Waals surface area contributed by atoms with Crippen LogP contribution in [0.2, 0.25) is 0 Å². The zero-order valence-corrected chi connectivity index (χ0v) is 10.6. The van der Waals surface area contributed by atoms with Crippen LogP contribution in [0.5, 0.6) is 0 Å². The molecule has 0 bridgehead atoms. The average molecular weight is 262 g/mol. The molecule has 2 aromatic rings. The van der Waals surface area contributed by atoms with Gasteiger partial charge in [0.25, 0.3) is 0 Å². The highest BCUT2D eigenvalue weighted by Crippen LogP contribution is 2.15. The SMILES string of the molecule is O=C(CSc1ccncc1)NCCc1cnc[nH]1. The Labute approximate surface area is 109 Å². The molecule has 2 heterocycles. The first-order valence-corrected chi connectivity index (χ1v) is 6.60. The van der Waals surface area contributed by atoms with Gasteiger partial charge in [-0.2, -0.15) is 0 Å². The molecule has 2 rings (SSSR count). The Morgan fingerprint density at radius 3 is 2.89 bits per heavy atom. The Balaban J connectivity index is 1.63. The number of hydrogen-bond donors (Lipinski definition) is 2. The molecule has 2 aromatic heterocycles. The van der Waals surface area contributed by atoms with Gasteiger partial charge < -0.3 is 10.3 Å². The van der Waals surface area contributed by atoms with Crippen molar-refractivity contribution in [1.82, 2.24) is 20.3 Å². The highest BCUT2D eigenvalue weighted by atomic mass is 32.2. The minimum absolute atomic E-state index is 0.0383. The van der Waals surface area contributed by atoms with E-state index in [0.717, 1.165) is 17.0 Å². The summed E-state index contributed by atoms with van der Waals surface area (Å²) in [6.45, 7) is 0.623. The van der Waals surface area contributed by atoms with Gasteiger partial charge in [-0.25, -0.2) is 4.98 Å². The molecule has 0 unspecified atom stereocenters. The molecule has 0 atom stereocenters. The summed E-state index contributed by atoms with van der Waals surface area (Å²) in [6, 6.07) is 3.78. The minimum Gasteiger partial charge on any atom is -0.355 e. The van der Waals surface area contributed by atoms with Crippen LogP contribution in [-0.2, 0) is 11.2 Å². The fourth-order valence-corrected chi connectivity index (χ4v) is 2.11. The van der Waals surface area contributed by atoms with Crippen molar-refractivity contribution in [2.75, 3.05) is 12.3 Å². The summed E-state index contributed by atoms with van der Waals surface area (Å²) in [6.07, 6.45) is 7.61. The molecule has 0 aliphatic heterocycles. The summed E-state index contributed by atoms with van der Waals surface area (Å²) < 4.78 is 0. The molecule has 5 nitrogen and oxygen atoms in total.